The zero-order chi connectivity index (χ0) is 25.3. The van der Waals surface area contributed by atoms with Crippen molar-refractivity contribution in [1.82, 2.24) is 14.1 Å². The third kappa shape index (κ3) is 5.58. The lowest BCUT2D eigenvalue weighted by Gasteiger charge is -2.35. The van der Waals surface area contributed by atoms with Gasteiger partial charge in [0.05, 0.1) is 35.2 Å². The minimum absolute atomic E-state index is 0.115. The highest BCUT2D eigenvalue weighted by atomic mass is 35.5. The number of nitrogens with two attached hydrogens (primary N) is 1. The molecule has 1 aliphatic heterocycles. The molecule has 190 valence electrons. The molecule has 2 fully saturated rings. The average Bonchev–Trinajstić information content (AvgIpc) is 3.60. The molecule has 0 bridgehead atoms. The first kappa shape index (κ1) is 24.8. The topological polar surface area (TPSA) is 93.7 Å². The van der Waals surface area contributed by atoms with Gasteiger partial charge >= 0.3 is 5.56 Å². The predicted molar refractivity (Wildman–Crippen MR) is 144 cm³/mol. The third-order valence-electron chi connectivity index (χ3n) is 6.74. The number of piperazine rings is 1. The average molecular weight is 528 g/mol. The van der Waals surface area contributed by atoms with E-state index in [1.165, 1.54) is 4.68 Å². The fourth-order valence-corrected chi connectivity index (χ4v) is 5.64. The maximum Gasteiger partial charge on any atom is 0.316 e. The molecular formula is C26H30ClN5O3S. The van der Waals surface area contributed by atoms with Gasteiger partial charge in [0, 0.05) is 42.3 Å². The van der Waals surface area contributed by atoms with Crippen molar-refractivity contribution in [3.63, 3.8) is 0 Å². The van der Waals surface area contributed by atoms with Gasteiger partial charge in [0.2, 0.25) is 5.75 Å². The molecule has 36 heavy (non-hydrogen) atoms. The minimum Gasteiger partial charge on any atom is -0.486 e. The number of nitrogen functional groups attached to an aromatic ring is 1. The third-order valence-corrected chi connectivity index (χ3v) is 8.50. The molecular weight excluding hydrogens is 498 g/mol. The highest BCUT2D eigenvalue weighted by molar-refractivity contribution is 7.81. The Morgan fingerprint density at radius 1 is 1.11 bits per heavy atom. The molecule has 0 spiro atoms. The van der Waals surface area contributed by atoms with E-state index in [-0.39, 0.29) is 11.0 Å². The molecule has 1 atom stereocenters. The van der Waals surface area contributed by atoms with Gasteiger partial charge in [-0.1, -0.05) is 36.7 Å². The highest BCUT2D eigenvalue weighted by Crippen LogP contribution is 2.45. The Bertz CT molecular complexity index is 1340. The first-order chi connectivity index (χ1) is 17.3. The van der Waals surface area contributed by atoms with Crippen molar-refractivity contribution in [2.24, 2.45) is 5.41 Å². The van der Waals surface area contributed by atoms with Crippen molar-refractivity contribution in [3.05, 3.63) is 75.7 Å². The summed E-state index contributed by atoms with van der Waals surface area (Å²) >= 11 is 6.15. The monoisotopic (exact) mass is 527 g/mol. The summed E-state index contributed by atoms with van der Waals surface area (Å²) in [7, 11) is -1.16. The van der Waals surface area contributed by atoms with Crippen LogP contribution in [-0.4, -0.2) is 51.1 Å². The molecule has 2 heterocycles. The van der Waals surface area contributed by atoms with E-state index in [0.717, 1.165) is 18.4 Å². The molecule has 1 unspecified atom stereocenters. The summed E-state index contributed by atoms with van der Waals surface area (Å²) in [5, 5.41) is 4.97. The first-order valence-electron chi connectivity index (χ1n) is 12.1. The van der Waals surface area contributed by atoms with Crippen molar-refractivity contribution in [1.29, 1.82) is 0 Å². The van der Waals surface area contributed by atoms with Crippen molar-refractivity contribution < 1.29 is 8.95 Å². The first-order valence-corrected chi connectivity index (χ1v) is 13.7. The van der Waals surface area contributed by atoms with Crippen LogP contribution in [0.3, 0.4) is 0 Å². The van der Waals surface area contributed by atoms with Crippen LogP contribution in [0.4, 0.5) is 11.4 Å². The van der Waals surface area contributed by atoms with E-state index in [4.69, 9.17) is 22.1 Å². The summed E-state index contributed by atoms with van der Waals surface area (Å²) in [5.41, 5.74) is 8.54. The fraction of sp³-hybridized carbons (Fsp3) is 0.385. The second-order valence-corrected chi connectivity index (χ2v) is 11.7. The molecule has 5 rings (SSSR count). The molecule has 0 radical (unpaired) electrons. The summed E-state index contributed by atoms with van der Waals surface area (Å²) in [6, 6.07) is 14.5. The van der Waals surface area contributed by atoms with Crippen LogP contribution < -0.4 is 20.9 Å². The molecule has 1 saturated carbocycles. The van der Waals surface area contributed by atoms with Crippen LogP contribution >= 0.6 is 11.6 Å². The van der Waals surface area contributed by atoms with Gasteiger partial charge in [-0.25, -0.2) is 8.51 Å². The Morgan fingerprint density at radius 2 is 1.86 bits per heavy atom. The van der Waals surface area contributed by atoms with E-state index < -0.39 is 11.0 Å². The Hall–Kier alpha value is -2.88. The number of hydrogen-bond donors (Lipinski definition) is 1. The number of nitrogens with zero attached hydrogens (tertiary/aromatic N) is 4. The predicted octanol–water partition coefficient (Wildman–Crippen LogP) is 3.63. The molecule has 2 aromatic carbocycles. The van der Waals surface area contributed by atoms with Gasteiger partial charge in [-0.2, -0.15) is 9.78 Å². The summed E-state index contributed by atoms with van der Waals surface area (Å²) in [6.07, 6.45) is 3.87. The lowest BCUT2D eigenvalue weighted by atomic mass is 10.2. The van der Waals surface area contributed by atoms with Gasteiger partial charge in [-0.05, 0) is 48.7 Å². The summed E-state index contributed by atoms with van der Waals surface area (Å²) in [5.74, 6) is 0.724. The molecule has 1 aliphatic carbocycles. The van der Waals surface area contributed by atoms with E-state index in [9.17, 15) is 9.00 Å². The van der Waals surface area contributed by atoms with Crippen LogP contribution in [0.15, 0.2) is 59.5 Å². The lowest BCUT2D eigenvalue weighted by Crippen LogP contribution is -2.47. The Kier molecular flexibility index (Phi) is 7.05. The van der Waals surface area contributed by atoms with E-state index in [0.29, 0.717) is 66.4 Å². The molecule has 8 nitrogen and oxygen atoms in total. The molecule has 2 aliphatic rings. The van der Waals surface area contributed by atoms with Crippen LogP contribution in [0.5, 0.6) is 5.75 Å². The molecule has 1 saturated heterocycles. The van der Waals surface area contributed by atoms with Crippen molar-refractivity contribution in [3.8, 4) is 11.4 Å². The SMILES string of the molecule is CC1(COc2c(N3CCN(S(=O)Cc4cccc(N)c4)CC3)cnn(-c3cccc(Cl)c3)c2=O)CC1. The van der Waals surface area contributed by atoms with Crippen LogP contribution in [0.2, 0.25) is 5.02 Å². The summed E-state index contributed by atoms with van der Waals surface area (Å²) in [6.45, 7) is 5.07. The highest BCUT2D eigenvalue weighted by Gasteiger charge is 2.39. The number of aromatic nitrogens is 2. The molecule has 0 amide bonds. The van der Waals surface area contributed by atoms with Crippen LogP contribution in [0.1, 0.15) is 25.3 Å². The quantitative estimate of drug-likeness (QED) is 0.450. The van der Waals surface area contributed by atoms with Crippen molar-refractivity contribution in [2.75, 3.05) is 43.4 Å². The Morgan fingerprint density at radius 3 is 2.56 bits per heavy atom. The molecule has 10 heteroatoms. The van der Waals surface area contributed by atoms with Crippen molar-refractivity contribution in [2.45, 2.75) is 25.5 Å². The van der Waals surface area contributed by atoms with E-state index in [1.807, 2.05) is 28.6 Å². The Labute approximate surface area is 218 Å². The smallest absolute Gasteiger partial charge is 0.316 e. The summed E-state index contributed by atoms with van der Waals surface area (Å²) < 4.78 is 22.4. The molecule has 1 aromatic heterocycles. The number of ether oxygens (including phenoxy) is 1. The van der Waals surface area contributed by atoms with Crippen LogP contribution in [-0.2, 0) is 16.7 Å². The van der Waals surface area contributed by atoms with E-state index >= 15 is 0 Å². The minimum atomic E-state index is -1.16. The largest absolute Gasteiger partial charge is 0.486 e. The van der Waals surface area contributed by atoms with Crippen LogP contribution in [0.25, 0.3) is 5.69 Å². The number of benzene rings is 2. The maximum atomic E-state index is 13.5. The number of rotatable bonds is 8. The number of anilines is 2. The Balaban J connectivity index is 1.34. The van der Waals surface area contributed by atoms with Gasteiger partial charge in [0.1, 0.15) is 5.69 Å². The zero-order valence-corrected chi connectivity index (χ0v) is 21.8. The zero-order valence-electron chi connectivity index (χ0n) is 20.2. The van der Waals surface area contributed by atoms with Crippen molar-refractivity contribution >= 4 is 34.0 Å². The maximum absolute atomic E-state index is 13.5. The lowest BCUT2D eigenvalue weighted by molar-refractivity contribution is 0.242. The second-order valence-electron chi connectivity index (χ2n) is 9.78. The van der Waals surface area contributed by atoms with E-state index in [1.54, 1.807) is 30.5 Å². The number of halogens is 1. The standard InChI is InChI=1S/C26H30ClN5O3S/c1-26(8-9-26)18-35-24-23(16-29-32(25(24)33)22-7-3-5-20(27)15-22)30-10-12-31(13-11-30)36(34)17-19-4-2-6-21(28)14-19/h2-7,14-16H,8-13,17-18,28H2,1H3. The number of hydrogen-bond acceptors (Lipinski definition) is 6. The molecule has 3 aromatic rings. The van der Waals surface area contributed by atoms with Gasteiger partial charge in [-0.15, -0.1) is 0 Å². The van der Waals surface area contributed by atoms with Gasteiger partial charge in [-0.3, -0.25) is 4.79 Å². The second kappa shape index (κ2) is 10.2. The molecule has 2 N–H and O–H groups in total. The fourth-order valence-electron chi connectivity index (χ4n) is 4.24. The van der Waals surface area contributed by atoms with Gasteiger partial charge in [0.15, 0.2) is 0 Å². The normalized spacial score (nSPS) is 18.1. The van der Waals surface area contributed by atoms with Gasteiger partial charge < -0.3 is 15.4 Å². The van der Waals surface area contributed by atoms with Gasteiger partial charge in [0.25, 0.3) is 0 Å². The summed E-state index contributed by atoms with van der Waals surface area (Å²) in [4.78, 5) is 15.6. The van der Waals surface area contributed by atoms with E-state index in [2.05, 4.69) is 16.9 Å². The van der Waals surface area contributed by atoms with Crippen LogP contribution in [0, 0.1) is 5.41 Å².